The number of carbonyl (C=O) groups excluding carboxylic acids is 1. The van der Waals surface area contributed by atoms with E-state index >= 15 is 0 Å². The summed E-state index contributed by atoms with van der Waals surface area (Å²) in [5.41, 5.74) is 6.18. The zero-order chi connectivity index (χ0) is 15.0. The molecule has 0 aliphatic heterocycles. The minimum atomic E-state index is -3.47. The number of hydrogen-bond donors (Lipinski definition) is 3. The molecule has 0 spiro atoms. The van der Waals surface area contributed by atoms with Gasteiger partial charge in [0.15, 0.2) is 0 Å². The number of nitrogens with two attached hydrogens (primary N) is 2. The minimum absolute atomic E-state index is 0.146. The van der Waals surface area contributed by atoms with E-state index in [1.807, 2.05) is 0 Å². The van der Waals surface area contributed by atoms with Gasteiger partial charge in [0.25, 0.3) is 0 Å². The van der Waals surface area contributed by atoms with Crippen molar-refractivity contribution in [2.24, 2.45) is 5.14 Å². The summed E-state index contributed by atoms with van der Waals surface area (Å²) in [6, 6.07) is 6.92. The number of rotatable bonds is 8. The Kier molecular flexibility index (Phi) is 6.26. The first-order valence-electron chi connectivity index (χ1n) is 6.12. The van der Waals surface area contributed by atoms with Gasteiger partial charge in [-0.2, -0.15) is 0 Å². The van der Waals surface area contributed by atoms with Crippen LogP contribution in [0.1, 0.15) is 12.8 Å². The molecule has 0 aliphatic carbocycles. The van der Waals surface area contributed by atoms with Crippen LogP contribution < -0.4 is 20.9 Å². The zero-order valence-electron chi connectivity index (χ0n) is 11.0. The van der Waals surface area contributed by atoms with Crippen LogP contribution in [0.25, 0.3) is 0 Å². The topological polar surface area (TPSA) is 125 Å². The highest BCUT2D eigenvalue weighted by Gasteiger charge is 2.04. The summed E-state index contributed by atoms with van der Waals surface area (Å²) in [4.78, 5) is 11.4. The molecule has 0 radical (unpaired) electrons. The zero-order valence-corrected chi connectivity index (χ0v) is 11.9. The first kappa shape index (κ1) is 16.3. The third-order valence-corrected chi connectivity index (χ3v) is 3.24. The number of benzene rings is 1. The van der Waals surface area contributed by atoms with Crippen molar-refractivity contribution in [1.82, 2.24) is 5.32 Å². The second-order valence-electron chi connectivity index (χ2n) is 4.24. The van der Waals surface area contributed by atoms with E-state index < -0.39 is 10.0 Å². The van der Waals surface area contributed by atoms with E-state index in [0.717, 1.165) is 0 Å². The Morgan fingerprint density at radius 3 is 2.75 bits per heavy atom. The summed E-state index contributed by atoms with van der Waals surface area (Å²) >= 11 is 0. The van der Waals surface area contributed by atoms with Gasteiger partial charge in [0, 0.05) is 18.3 Å². The van der Waals surface area contributed by atoms with Gasteiger partial charge in [-0.25, -0.2) is 13.6 Å². The van der Waals surface area contributed by atoms with Gasteiger partial charge in [-0.15, -0.1) is 0 Å². The van der Waals surface area contributed by atoms with Crippen LogP contribution in [0.2, 0.25) is 0 Å². The molecule has 1 aromatic rings. The van der Waals surface area contributed by atoms with Crippen LogP contribution in [0, 0.1) is 0 Å². The summed E-state index contributed by atoms with van der Waals surface area (Å²) in [5, 5.41) is 7.43. The van der Waals surface area contributed by atoms with Crippen LogP contribution in [-0.2, 0) is 14.8 Å². The number of amides is 1. The van der Waals surface area contributed by atoms with E-state index in [-0.39, 0.29) is 31.2 Å². The average molecular weight is 301 g/mol. The predicted molar refractivity (Wildman–Crippen MR) is 76.6 cm³/mol. The molecule has 0 atom stereocenters. The first-order valence-corrected chi connectivity index (χ1v) is 7.84. The number of ether oxygens (including phenoxy) is 1. The molecule has 1 rings (SSSR count). The normalized spacial score (nSPS) is 11.1. The van der Waals surface area contributed by atoms with Crippen LogP contribution in [0.5, 0.6) is 5.75 Å². The monoisotopic (exact) mass is 301 g/mol. The summed E-state index contributed by atoms with van der Waals surface area (Å²) in [7, 11) is -3.47. The Hall–Kier alpha value is -1.80. The number of sulfonamides is 1. The molecule has 0 saturated carbocycles. The van der Waals surface area contributed by atoms with Gasteiger partial charge >= 0.3 is 0 Å². The van der Waals surface area contributed by atoms with Crippen molar-refractivity contribution >= 4 is 21.6 Å². The third-order valence-electron chi connectivity index (χ3n) is 2.38. The van der Waals surface area contributed by atoms with Crippen LogP contribution in [0.3, 0.4) is 0 Å². The Morgan fingerprint density at radius 2 is 2.10 bits per heavy atom. The van der Waals surface area contributed by atoms with E-state index in [0.29, 0.717) is 17.9 Å². The Balaban J connectivity index is 2.14. The molecule has 1 aromatic carbocycles. The number of carbonyl (C=O) groups is 1. The quantitative estimate of drug-likeness (QED) is 0.454. The number of anilines is 1. The molecular formula is C12H19N3O4S. The lowest BCUT2D eigenvalue weighted by Crippen LogP contribution is -2.28. The number of hydrogen-bond acceptors (Lipinski definition) is 5. The van der Waals surface area contributed by atoms with Gasteiger partial charge in [0.1, 0.15) is 5.75 Å². The van der Waals surface area contributed by atoms with Crippen molar-refractivity contribution in [1.29, 1.82) is 0 Å². The third kappa shape index (κ3) is 7.59. The minimum Gasteiger partial charge on any atom is -0.493 e. The van der Waals surface area contributed by atoms with E-state index in [2.05, 4.69) is 5.32 Å². The molecule has 112 valence electrons. The molecule has 5 N–H and O–H groups in total. The highest BCUT2D eigenvalue weighted by Crippen LogP contribution is 2.14. The van der Waals surface area contributed by atoms with Crippen LogP contribution in [-0.4, -0.2) is 33.2 Å². The summed E-state index contributed by atoms with van der Waals surface area (Å²) in [5.74, 6) is 0.253. The standard InChI is InChI=1S/C12H19N3O4S/c13-10-3-1-4-11(9-10)19-7-5-12(16)15-6-2-8-20(14,17)18/h1,3-4,9H,2,5-8,13H2,(H,15,16)(H2,14,17,18). The molecule has 0 saturated heterocycles. The second-order valence-corrected chi connectivity index (χ2v) is 5.98. The van der Waals surface area contributed by atoms with Crippen LogP contribution in [0.4, 0.5) is 5.69 Å². The van der Waals surface area contributed by atoms with Crippen molar-refractivity contribution in [3.05, 3.63) is 24.3 Å². The predicted octanol–water partition coefficient (Wildman–Crippen LogP) is -0.167. The lowest BCUT2D eigenvalue weighted by atomic mass is 10.3. The molecule has 8 heteroatoms. The molecule has 0 aromatic heterocycles. The molecule has 0 bridgehead atoms. The number of nitrogen functional groups attached to an aromatic ring is 1. The molecule has 20 heavy (non-hydrogen) atoms. The van der Waals surface area contributed by atoms with Gasteiger partial charge in [-0.1, -0.05) is 6.07 Å². The van der Waals surface area contributed by atoms with Crippen molar-refractivity contribution in [2.75, 3.05) is 24.6 Å². The van der Waals surface area contributed by atoms with Gasteiger partial charge in [0.05, 0.1) is 18.8 Å². The molecule has 1 amide bonds. The van der Waals surface area contributed by atoms with Gasteiger partial charge < -0.3 is 15.8 Å². The molecule has 7 nitrogen and oxygen atoms in total. The summed E-state index contributed by atoms with van der Waals surface area (Å²) in [6.07, 6.45) is 0.477. The lowest BCUT2D eigenvalue weighted by Gasteiger charge is -2.07. The van der Waals surface area contributed by atoms with Gasteiger partial charge in [0.2, 0.25) is 15.9 Å². The summed E-state index contributed by atoms with van der Waals surface area (Å²) < 4.78 is 26.7. The highest BCUT2D eigenvalue weighted by molar-refractivity contribution is 7.89. The molecule has 0 fully saturated rings. The maximum Gasteiger partial charge on any atom is 0.223 e. The van der Waals surface area contributed by atoms with Gasteiger partial charge in [-0.05, 0) is 18.6 Å². The van der Waals surface area contributed by atoms with Crippen LogP contribution >= 0.6 is 0 Å². The lowest BCUT2D eigenvalue weighted by molar-refractivity contribution is -0.121. The highest BCUT2D eigenvalue weighted by atomic mass is 32.2. The van der Waals surface area contributed by atoms with Crippen molar-refractivity contribution in [2.45, 2.75) is 12.8 Å². The fraction of sp³-hybridized carbons (Fsp3) is 0.417. The molecule has 0 unspecified atom stereocenters. The van der Waals surface area contributed by atoms with Crippen molar-refractivity contribution in [3.63, 3.8) is 0 Å². The second kappa shape index (κ2) is 7.71. The Morgan fingerprint density at radius 1 is 1.35 bits per heavy atom. The maximum atomic E-state index is 11.4. The van der Waals surface area contributed by atoms with E-state index in [1.54, 1.807) is 24.3 Å². The molecule has 0 heterocycles. The van der Waals surface area contributed by atoms with Crippen molar-refractivity contribution < 1.29 is 17.9 Å². The Labute approximate surface area is 118 Å². The molecule has 0 aliphatic rings. The van der Waals surface area contributed by atoms with E-state index in [4.69, 9.17) is 15.6 Å². The van der Waals surface area contributed by atoms with Crippen LogP contribution in [0.15, 0.2) is 24.3 Å². The number of nitrogens with one attached hydrogen (secondary N) is 1. The number of primary sulfonamides is 1. The Bertz CT molecular complexity index is 545. The first-order chi connectivity index (χ1) is 9.37. The average Bonchev–Trinajstić information content (AvgIpc) is 2.34. The SMILES string of the molecule is Nc1cccc(OCCC(=O)NCCCS(N)(=O)=O)c1. The van der Waals surface area contributed by atoms with Gasteiger partial charge in [-0.3, -0.25) is 4.79 Å². The maximum absolute atomic E-state index is 11.4. The fourth-order valence-corrected chi connectivity index (χ4v) is 2.00. The molecular weight excluding hydrogens is 282 g/mol. The fourth-order valence-electron chi connectivity index (χ4n) is 1.46. The van der Waals surface area contributed by atoms with E-state index in [9.17, 15) is 13.2 Å². The summed E-state index contributed by atoms with van der Waals surface area (Å²) in [6.45, 7) is 0.498. The smallest absolute Gasteiger partial charge is 0.223 e. The largest absolute Gasteiger partial charge is 0.493 e. The van der Waals surface area contributed by atoms with Crippen molar-refractivity contribution in [3.8, 4) is 5.75 Å². The van der Waals surface area contributed by atoms with E-state index in [1.165, 1.54) is 0 Å².